The molecule has 1 heterocycles. The Kier molecular flexibility index (Phi) is 6.59. The smallest absolute Gasteiger partial charge is 0.323 e. The van der Waals surface area contributed by atoms with Crippen molar-refractivity contribution in [3.8, 4) is 0 Å². The predicted molar refractivity (Wildman–Crippen MR) is 101 cm³/mol. The summed E-state index contributed by atoms with van der Waals surface area (Å²) in [5.41, 5.74) is 0.483. The molecule has 5 heteroatoms. The minimum atomic E-state index is -0.849. The Morgan fingerprint density at radius 2 is 1.96 bits per heavy atom. The first-order chi connectivity index (χ1) is 12.2. The number of nitrogens with zero attached hydrogens (tertiary/aromatic N) is 1. The van der Waals surface area contributed by atoms with E-state index in [0.717, 1.165) is 5.56 Å². The van der Waals surface area contributed by atoms with Crippen LogP contribution in [0.15, 0.2) is 43.0 Å². The van der Waals surface area contributed by atoms with Crippen molar-refractivity contribution in [3.63, 3.8) is 0 Å². The molecule has 26 heavy (non-hydrogen) atoms. The van der Waals surface area contributed by atoms with Gasteiger partial charge >= 0.3 is 11.9 Å². The number of benzene rings is 1. The van der Waals surface area contributed by atoms with Crippen LogP contribution in [0, 0.1) is 5.92 Å². The highest BCUT2D eigenvalue weighted by Crippen LogP contribution is 2.34. The zero-order valence-corrected chi connectivity index (χ0v) is 15.9. The van der Waals surface area contributed by atoms with E-state index in [2.05, 4.69) is 6.58 Å². The molecule has 5 nitrogen and oxygen atoms in total. The highest BCUT2D eigenvalue weighted by atomic mass is 16.6. The van der Waals surface area contributed by atoms with Crippen molar-refractivity contribution in [1.82, 2.24) is 4.90 Å². The number of esters is 1. The Labute approximate surface area is 155 Å². The van der Waals surface area contributed by atoms with E-state index in [1.54, 1.807) is 6.08 Å². The van der Waals surface area contributed by atoms with Crippen LogP contribution in [-0.2, 0) is 20.9 Å². The summed E-state index contributed by atoms with van der Waals surface area (Å²) in [5, 5.41) is 9.67. The Hall–Kier alpha value is -2.14. The van der Waals surface area contributed by atoms with Gasteiger partial charge in [0.2, 0.25) is 0 Å². The van der Waals surface area contributed by atoms with E-state index in [9.17, 15) is 14.7 Å². The number of hydrogen-bond donors (Lipinski definition) is 1. The summed E-state index contributed by atoms with van der Waals surface area (Å²) in [5.74, 6) is -1.71. The van der Waals surface area contributed by atoms with Gasteiger partial charge in [-0.25, -0.2) is 0 Å². The van der Waals surface area contributed by atoms with Gasteiger partial charge < -0.3 is 9.84 Å². The fourth-order valence-corrected chi connectivity index (χ4v) is 3.57. The molecule has 1 aliphatic rings. The molecule has 142 valence electrons. The van der Waals surface area contributed by atoms with E-state index in [4.69, 9.17) is 4.74 Å². The largest absolute Gasteiger partial charge is 0.481 e. The Balaban J connectivity index is 2.28. The fraction of sp³-hybridized carbons (Fsp3) is 0.524. The van der Waals surface area contributed by atoms with E-state index < -0.39 is 23.5 Å². The summed E-state index contributed by atoms with van der Waals surface area (Å²) in [6, 6.07) is 9.17. The van der Waals surface area contributed by atoms with E-state index in [-0.39, 0.29) is 12.0 Å². The molecule has 0 aromatic heterocycles. The SMILES string of the molecule is C=CC[C@H](C(=O)O)C1CC[C@@H](C(=O)OC(C)(C)C)N1Cc1ccccc1. The third-order valence-electron chi connectivity index (χ3n) is 4.65. The molecule has 1 aliphatic heterocycles. The van der Waals surface area contributed by atoms with Crippen LogP contribution in [0.3, 0.4) is 0 Å². The van der Waals surface area contributed by atoms with Gasteiger partial charge in [0.15, 0.2) is 0 Å². The van der Waals surface area contributed by atoms with Crippen molar-refractivity contribution in [2.45, 2.75) is 64.3 Å². The van der Waals surface area contributed by atoms with Crippen LogP contribution in [0.4, 0.5) is 0 Å². The van der Waals surface area contributed by atoms with Gasteiger partial charge in [-0.05, 0) is 45.6 Å². The highest BCUT2D eigenvalue weighted by molar-refractivity contribution is 5.77. The third-order valence-corrected chi connectivity index (χ3v) is 4.65. The molecule has 1 fully saturated rings. The topological polar surface area (TPSA) is 66.8 Å². The molecular formula is C21H29NO4. The molecule has 0 saturated carbocycles. The summed E-state index contributed by atoms with van der Waals surface area (Å²) in [6.07, 6.45) is 3.28. The molecule has 0 radical (unpaired) electrons. The number of carbonyl (C=O) groups is 2. The first-order valence-corrected chi connectivity index (χ1v) is 9.09. The summed E-state index contributed by atoms with van der Waals surface area (Å²) in [7, 11) is 0. The summed E-state index contributed by atoms with van der Waals surface area (Å²) >= 11 is 0. The second-order valence-corrected chi connectivity index (χ2v) is 7.82. The molecular weight excluding hydrogens is 330 g/mol. The van der Waals surface area contributed by atoms with Gasteiger partial charge in [-0.2, -0.15) is 0 Å². The lowest BCUT2D eigenvalue weighted by Crippen LogP contribution is -2.46. The monoisotopic (exact) mass is 359 g/mol. The Morgan fingerprint density at radius 1 is 1.31 bits per heavy atom. The summed E-state index contributed by atoms with van der Waals surface area (Å²) in [4.78, 5) is 26.5. The molecule has 2 rings (SSSR count). The molecule has 3 atom stereocenters. The fourth-order valence-electron chi connectivity index (χ4n) is 3.57. The van der Waals surface area contributed by atoms with Crippen molar-refractivity contribution in [2.75, 3.05) is 0 Å². The quantitative estimate of drug-likeness (QED) is 0.595. The number of carboxylic acid groups (broad SMARTS) is 1. The minimum Gasteiger partial charge on any atom is -0.481 e. The van der Waals surface area contributed by atoms with Crippen molar-refractivity contribution >= 4 is 11.9 Å². The van der Waals surface area contributed by atoms with Crippen molar-refractivity contribution in [1.29, 1.82) is 0 Å². The number of carbonyl (C=O) groups excluding carboxylic acids is 1. The number of allylic oxidation sites excluding steroid dienone is 1. The lowest BCUT2D eigenvalue weighted by atomic mass is 9.94. The summed E-state index contributed by atoms with van der Waals surface area (Å²) in [6.45, 7) is 9.75. The van der Waals surface area contributed by atoms with E-state index in [1.807, 2.05) is 56.0 Å². The molecule has 1 aromatic carbocycles. The van der Waals surface area contributed by atoms with Crippen LogP contribution in [0.25, 0.3) is 0 Å². The zero-order valence-electron chi connectivity index (χ0n) is 15.9. The van der Waals surface area contributed by atoms with Crippen molar-refractivity contribution < 1.29 is 19.4 Å². The molecule has 1 aromatic rings. The second kappa shape index (κ2) is 8.49. The first kappa shape index (κ1) is 20.2. The predicted octanol–water partition coefficient (Wildman–Crippen LogP) is 3.64. The molecule has 1 saturated heterocycles. The normalized spacial score (nSPS) is 22.0. The number of carboxylic acids is 1. The molecule has 1 N–H and O–H groups in total. The number of rotatable bonds is 7. The lowest BCUT2D eigenvalue weighted by molar-refractivity contribution is -0.162. The molecule has 0 bridgehead atoms. The van der Waals surface area contributed by atoms with Gasteiger partial charge in [-0.1, -0.05) is 36.4 Å². The third kappa shape index (κ3) is 5.18. The average Bonchev–Trinajstić information content (AvgIpc) is 2.95. The van der Waals surface area contributed by atoms with Crippen LogP contribution >= 0.6 is 0 Å². The van der Waals surface area contributed by atoms with Crippen LogP contribution in [0.1, 0.15) is 45.6 Å². The molecule has 0 amide bonds. The van der Waals surface area contributed by atoms with Crippen LogP contribution in [0.2, 0.25) is 0 Å². The van der Waals surface area contributed by atoms with Crippen molar-refractivity contribution in [3.05, 3.63) is 48.6 Å². The van der Waals surface area contributed by atoms with E-state index in [0.29, 0.717) is 25.8 Å². The second-order valence-electron chi connectivity index (χ2n) is 7.82. The van der Waals surface area contributed by atoms with E-state index in [1.165, 1.54) is 0 Å². The summed E-state index contributed by atoms with van der Waals surface area (Å²) < 4.78 is 5.59. The first-order valence-electron chi connectivity index (χ1n) is 9.09. The maximum absolute atomic E-state index is 12.7. The Bertz CT molecular complexity index is 635. The van der Waals surface area contributed by atoms with Gasteiger partial charge in [0.05, 0.1) is 5.92 Å². The molecule has 1 unspecified atom stereocenters. The lowest BCUT2D eigenvalue weighted by Gasteiger charge is -2.33. The van der Waals surface area contributed by atoms with Crippen LogP contribution in [-0.4, -0.2) is 39.6 Å². The highest BCUT2D eigenvalue weighted by Gasteiger charge is 2.44. The van der Waals surface area contributed by atoms with Crippen LogP contribution < -0.4 is 0 Å². The average molecular weight is 359 g/mol. The van der Waals surface area contributed by atoms with Crippen LogP contribution in [0.5, 0.6) is 0 Å². The standard InChI is InChI=1S/C21H29NO4/c1-5-9-16(19(23)24)17-12-13-18(20(25)26-21(2,3)4)22(17)14-15-10-7-6-8-11-15/h5-8,10-11,16-18H,1,9,12-14H2,2-4H3,(H,23,24)/t16-,17?,18-/m0/s1. The molecule has 0 spiro atoms. The van der Waals surface area contributed by atoms with Gasteiger partial charge in [0.1, 0.15) is 11.6 Å². The maximum Gasteiger partial charge on any atom is 0.323 e. The number of hydrogen-bond acceptors (Lipinski definition) is 4. The zero-order chi connectivity index (χ0) is 19.3. The van der Waals surface area contributed by atoms with Gasteiger partial charge in [0, 0.05) is 12.6 Å². The number of aliphatic carboxylic acids is 1. The van der Waals surface area contributed by atoms with E-state index >= 15 is 0 Å². The van der Waals surface area contributed by atoms with Gasteiger partial charge in [-0.15, -0.1) is 6.58 Å². The van der Waals surface area contributed by atoms with Gasteiger partial charge in [-0.3, -0.25) is 14.5 Å². The minimum absolute atomic E-state index is 0.219. The molecule has 0 aliphatic carbocycles. The number of ether oxygens (including phenoxy) is 1. The van der Waals surface area contributed by atoms with Gasteiger partial charge in [0.25, 0.3) is 0 Å². The van der Waals surface area contributed by atoms with Crippen molar-refractivity contribution in [2.24, 2.45) is 5.92 Å². The Morgan fingerprint density at radius 3 is 2.50 bits per heavy atom. The maximum atomic E-state index is 12.7. The number of likely N-dealkylation sites (tertiary alicyclic amines) is 1.